The molecule has 0 spiro atoms. The molecule has 1 saturated heterocycles. The molecule has 7 N–H and O–H groups in total. The van der Waals surface area contributed by atoms with E-state index in [1.165, 1.54) is 17.2 Å². The van der Waals surface area contributed by atoms with Crippen molar-refractivity contribution in [3.63, 3.8) is 0 Å². The van der Waals surface area contributed by atoms with Crippen molar-refractivity contribution in [2.45, 2.75) is 30.8 Å². The van der Waals surface area contributed by atoms with Crippen molar-refractivity contribution >= 4 is 24.8 Å². The van der Waals surface area contributed by atoms with E-state index in [9.17, 15) is 14.8 Å². The van der Waals surface area contributed by atoms with E-state index in [4.69, 9.17) is 43.9 Å². The van der Waals surface area contributed by atoms with Gasteiger partial charge in [-0.1, -0.05) is 0 Å². The lowest BCUT2D eigenvalue weighted by Crippen LogP contribution is -2.47. The molecular weight excluding hydrogens is 595 g/mol. The van der Waals surface area contributed by atoms with Crippen molar-refractivity contribution < 1.29 is 57.5 Å². The highest BCUT2D eigenvalue weighted by Gasteiger charge is 2.51. The molecule has 0 bridgehead atoms. The summed E-state index contributed by atoms with van der Waals surface area (Å²) in [6.07, 6.45) is 1.34. The zero-order valence-electron chi connectivity index (χ0n) is 24.0. The number of nitrogens with two attached hydrogens (primary N) is 1. The van der Waals surface area contributed by atoms with Crippen LogP contribution in [-0.2, 0) is 43.2 Å². The highest BCUT2D eigenvalue weighted by molar-refractivity contribution is 7.46. The zero-order chi connectivity index (χ0) is 31.0. The maximum absolute atomic E-state index is 11.1. The second-order valence-electron chi connectivity index (χ2n) is 9.45. The minimum Gasteiger partial charge on any atom is -0.385 e. The minimum absolute atomic E-state index is 0.229. The van der Waals surface area contributed by atoms with E-state index in [0.29, 0.717) is 96.9 Å². The third kappa shape index (κ3) is 11.8. The van der Waals surface area contributed by atoms with E-state index < -0.39 is 32.4 Å². The average molecular weight is 639 g/mol. The van der Waals surface area contributed by atoms with E-state index >= 15 is 0 Å². The van der Waals surface area contributed by atoms with Crippen LogP contribution in [0.3, 0.4) is 0 Å². The number of nitrogens with one attached hydrogen (secondary N) is 1. The van der Waals surface area contributed by atoms with Gasteiger partial charge in [-0.3, -0.25) is 9.09 Å². The number of anilines is 1. The van der Waals surface area contributed by atoms with Gasteiger partial charge >= 0.3 is 7.82 Å². The average Bonchev–Trinajstić information content (AvgIpc) is 3.55. The predicted octanol–water partition coefficient (Wildman–Crippen LogP) is -1.43. The molecule has 0 amide bonds. The van der Waals surface area contributed by atoms with Gasteiger partial charge in [0.2, 0.25) is 0 Å². The SMILES string of the molecule is NCCCOCCOCCOCCOCCOCCCNc1ncnc2c1ncn2C1(O)COC(COP(=O)(O)O)C1O. The van der Waals surface area contributed by atoms with Crippen molar-refractivity contribution in [1.82, 2.24) is 19.5 Å². The third-order valence-electron chi connectivity index (χ3n) is 6.23. The first-order chi connectivity index (χ1) is 20.8. The summed E-state index contributed by atoms with van der Waals surface area (Å²) in [7, 11) is -4.78. The molecule has 19 heteroatoms. The molecule has 2 aromatic rings. The van der Waals surface area contributed by atoms with Gasteiger partial charge in [0, 0.05) is 19.8 Å². The fourth-order valence-corrected chi connectivity index (χ4v) is 4.36. The van der Waals surface area contributed by atoms with Crippen LogP contribution in [0.15, 0.2) is 12.7 Å². The topological polar surface area (TPSA) is 244 Å². The summed E-state index contributed by atoms with van der Waals surface area (Å²) in [6, 6.07) is 0. The summed E-state index contributed by atoms with van der Waals surface area (Å²) in [5.41, 5.74) is 3.99. The van der Waals surface area contributed by atoms with Crippen LogP contribution in [0.5, 0.6) is 0 Å². The number of phosphoric ester groups is 1. The number of aliphatic hydroxyl groups excluding tert-OH is 1. The normalized spacial score (nSPS) is 20.8. The van der Waals surface area contributed by atoms with Crippen LogP contribution in [0.1, 0.15) is 12.8 Å². The first-order valence-corrected chi connectivity index (χ1v) is 15.5. The van der Waals surface area contributed by atoms with Gasteiger partial charge in [0.1, 0.15) is 18.5 Å². The van der Waals surface area contributed by atoms with Gasteiger partial charge in [-0.25, -0.2) is 19.5 Å². The molecule has 0 radical (unpaired) electrons. The van der Waals surface area contributed by atoms with Gasteiger partial charge in [-0.2, -0.15) is 0 Å². The maximum Gasteiger partial charge on any atom is 0.469 e. The Balaban J connectivity index is 1.26. The largest absolute Gasteiger partial charge is 0.469 e. The Morgan fingerprint density at radius 2 is 1.53 bits per heavy atom. The van der Waals surface area contributed by atoms with Crippen molar-refractivity contribution in [3.8, 4) is 0 Å². The Bertz CT molecular complexity index is 1110. The Labute approximate surface area is 249 Å². The molecule has 246 valence electrons. The second kappa shape index (κ2) is 18.8. The maximum atomic E-state index is 11.1. The first kappa shape index (κ1) is 35.6. The molecule has 43 heavy (non-hydrogen) atoms. The smallest absolute Gasteiger partial charge is 0.385 e. The summed E-state index contributed by atoms with van der Waals surface area (Å²) in [6.45, 7) is 5.18. The summed E-state index contributed by atoms with van der Waals surface area (Å²) < 4.78 is 49.2. The minimum atomic E-state index is -4.78. The predicted molar refractivity (Wildman–Crippen MR) is 150 cm³/mol. The fourth-order valence-electron chi connectivity index (χ4n) is 4.02. The van der Waals surface area contributed by atoms with E-state index in [1.807, 2.05) is 0 Å². The number of hydrogen-bond donors (Lipinski definition) is 6. The number of phosphoric acid groups is 1. The number of imidazole rings is 1. The highest BCUT2D eigenvalue weighted by Crippen LogP contribution is 2.39. The number of aliphatic hydroxyl groups is 2. The molecule has 1 fully saturated rings. The fraction of sp³-hybridized carbons (Fsp3) is 0.792. The lowest BCUT2D eigenvalue weighted by molar-refractivity contribution is -0.109. The van der Waals surface area contributed by atoms with E-state index in [0.717, 1.165) is 6.42 Å². The van der Waals surface area contributed by atoms with Crippen LogP contribution in [-0.4, -0.2) is 144 Å². The Kier molecular flexibility index (Phi) is 15.6. The van der Waals surface area contributed by atoms with Gasteiger partial charge in [0.05, 0.1) is 72.4 Å². The number of rotatable bonds is 24. The lowest BCUT2D eigenvalue weighted by atomic mass is 10.1. The van der Waals surface area contributed by atoms with E-state index in [-0.39, 0.29) is 12.3 Å². The number of nitrogens with zero attached hydrogens (tertiary/aromatic N) is 4. The molecule has 2 aromatic heterocycles. The van der Waals surface area contributed by atoms with Crippen LogP contribution in [0.25, 0.3) is 11.2 Å². The summed E-state index contributed by atoms with van der Waals surface area (Å²) in [5.74, 6) is 0.423. The quantitative estimate of drug-likeness (QED) is 0.0570. The first-order valence-electron chi connectivity index (χ1n) is 14.0. The van der Waals surface area contributed by atoms with E-state index in [1.54, 1.807) is 0 Å². The molecule has 1 aliphatic heterocycles. The second-order valence-corrected chi connectivity index (χ2v) is 10.7. The molecule has 1 aliphatic rings. The molecule has 0 aliphatic carbocycles. The van der Waals surface area contributed by atoms with Gasteiger partial charge in [0.15, 0.2) is 22.7 Å². The number of ether oxygens (including phenoxy) is 6. The molecule has 18 nitrogen and oxygen atoms in total. The molecule has 3 rings (SSSR count). The van der Waals surface area contributed by atoms with Gasteiger partial charge < -0.3 is 59.5 Å². The Hall–Kier alpha value is -1.90. The van der Waals surface area contributed by atoms with Crippen molar-refractivity contribution in [1.29, 1.82) is 0 Å². The summed E-state index contributed by atoms with van der Waals surface area (Å²) >= 11 is 0. The molecule has 3 heterocycles. The number of fused-ring (bicyclic) bond motifs is 1. The van der Waals surface area contributed by atoms with Gasteiger partial charge in [-0.15, -0.1) is 0 Å². The van der Waals surface area contributed by atoms with Crippen LogP contribution in [0.2, 0.25) is 0 Å². The highest BCUT2D eigenvalue weighted by atomic mass is 31.2. The Morgan fingerprint density at radius 1 is 0.953 bits per heavy atom. The van der Waals surface area contributed by atoms with Crippen molar-refractivity contribution in [2.24, 2.45) is 5.73 Å². The van der Waals surface area contributed by atoms with Crippen LogP contribution < -0.4 is 11.1 Å². The standard InChI is InChI=1S/C24H43N6O12P/c25-3-1-5-36-7-9-38-11-13-40-14-12-39-10-8-37-6-2-4-26-22-20-23(28-17-27-22)30(18-29-20)24(32)16-41-19(21(24)31)15-42-43(33,34)35/h17-19,21,31-32H,1-16,25H2,(H,26,27,28)(H2,33,34,35). The van der Waals surface area contributed by atoms with Crippen LogP contribution in [0, 0.1) is 0 Å². The summed E-state index contributed by atoms with van der Waals surface area (Å²) in [5, 5.41) is 24.9. The molecule has 0 aromatic carbocycles. The lowest BCUT2D eigenvalue weighted by Gasteiger charge is -2.27. The van der Waals surface area contributed by atoms with Crippen molar-refractivity contribution in [2.75, 3.05) is 97.7 Å². The van der Waals surface area contributed by atoms with Gasteiger partial charge in [-0.05, 0) is 19.4 Å². The van der Waals surface area contributed by atoms with Crippen molar-refractivity contribution in [3.05, 3.63) is 12.7 Å². The number of hydrogen-bond acceptors (Lipinski definition) is 15. The van der Waals surface area contributed by atoms with Gasteiger partial charge in [0.25, 0.3) is 0 Å². The third-order valence-corrected chi connectivity index (χ3v) is 6.72. The van der Waals surface area contributed by atoms with Crippen LogP contribution >= 0.6 is 7.82 Å². The zero-order valence-corrected chi connectivity index (χ0v) is 24.9. The van der Waals surface area contributed by atoms with Crippen LogP contribution in [0.4, 0.5) is 5.82 Å². The Morgan fingerprint density at radius 3 is 2.12 bits per heavy atom. The molecular formula is C24H43N6O12P. The summed E-state index contributed by atoms with van der Waals surface area (Å²) in [4.78, 5) is 30.5. The molecule has 3 unspecified atom stereocenters. The molecule has 0 saturated carbocycles. The molecule has 3 atom stereocenters. The monoisotopic (exact) mass is 638 g/mol. The van der Waals surface area contributed by atoms with E-state index in [2.05, 4.69) is 24.8 Å². The number of aromatic nitrogens is 4.